The molecule has 2 aliphatic rings. The van der Waals surface area contributed by atoms with Crippen LogP contribution in [0.2, 0.25) is 0 Å². The predicted molar refractivity (Wildman–Crippen MR) is 71.8 cm³/mol. The predicted octanol–water partition coefficient (Wildman–Crippen LogP) is 2.13. The Kier molecular flexibility index (Phi) is 3.91. The Hall–Kier alpha value is -0.840. The van der Waals surface area contributed by atoms with Crippen LogP contribution in [-0.4, -0.2) is 31.5 Å². The van der Waals surface area contributed by atoms with Gasteiger partial charge in [-0.3, -0.25) is 0 Å². The van der Waals surface area contributed by atoms with Gasteiger partial charge in [0.2, 0.25) is 0 Å². The second-order valence-electron chi connectivity index (χ2n) is 5.87. The second kappa shape index (κ2) is 5.65. The van der Waals surface area contributed by atoms with Crippen molar-refractivity contribution in [3.8, 4) is 0 Å². The van der Waals surface area contributed by atoms with E-state index >= 15 is 0 Å². The van der Waals surface area contributed by atoms with Crippen molar-refractivity contribution in [1.29, 1.82) is 0 Å². The molecular weight excluding hydrogens is 242 g/mol. The highest BCUT2D eigenvalue weighted by molar-refractivity contribution is 4.99. The van der Waals surface area contributed by atoms with Crippen LogP contribution in [0.15, 0.2) is 22.8 Å². The van der Waals surface area contributed by atoms with Crippen LogP contribution in [-0.2, 0) is 15.9 Å². The zero-order chi connectivity index (χ0) is 13.1. The van der Waals surface area contributed by atoms with Crippen LogP contribution in [0.3, 0.4) is 0 Å². The minimum atomic E-state index is -0.0365. The number of rotatable bonds is 4. The molecule has 0 bridgehead atoms. The first kappa shape index (κ1) is 13.2. The highest BCUT2D eigenvalue weighted by atomic mass is 16.6. The van der Waals surface area contributed by atoms with E-state index in [2.05, 4.69) is 0 Å². The Labute approximate surface area is 114 Å². The molecule has 3 atom stereocenters. The van der Waals surface area contributed by atoms with Gasteiger partial charge in [0.05, 0.1) is 18.5 Å². The quantitative estimate of drug-likeness (QED) is 0.906. The van der Waals surface area contributed by atoms with Crippen LogP contribution in [0.1, 0.15) is 31.4 Å². The number of hydrogen-bond acceptors (Lipinski definition) is 4. The third kappa shape index (κ3) is 3.02. The second-order valence-corrected chi connectivity index (χ2v) is 5.87. The molecule has 106 valence electrons. The lowest BCUT2D eigenvalue weighted by Crippen LogP contribution is -2.45. The highest BCUT2D eigenvalue weighted by Crippen LogP contribution is 2.37. The molecule has 3 heterocycles. The van der Waals surface area contributed by atoms with Crippen molar-refractivity contribution in [3.63, 3.8) is 0 Å². The zero-order valence-corrected chi connectivity index (χ0v) is 11.3. The van der Waals surface area contributed by atoms with Gasteiger partial charge in [-0.15, -0.1) is 0 Å². The van der Waals surface area contributed by atoms with Gasteiger partial charge in [-0.1, -0.05) is 0 Å². The van der Waals surface area contributed by atoms with E-state index in [-0.39, 0.29) is 11.6 Å². The molecule has 0 saturated carbocycles. The molecule has 2 N–H and O–H groups in total. The molecule has 1 spiro atoms. The summed E-state index contributed by atoms with van der Waals surface area (Å²) >= 11 is 0. The third-order valence-electron chi connectivity index (χ3n) is 4.51. The summed E-state index contributed by atoms with van der Waals surface area (Å²) in [7, 11) is 0. The van der Waals surface area contributed by atoms with Crippen LogP contribution in [0, 0.1) is 5.92 Å². The average molecular weight is 265 g/mol. The zero-order valence-electron chi connectivity index (χ0n) is 11.3. The van der Waals surface area contributed by atoms with Crippen molar-refractivity contribution in [2.45, 2.75) is 43.7 Å². The van der Waals surface area contributed by atoms with Crippen LogP contribution in [0.25, 0.3) is 0 Å². The fourth-order valence-corrected chi connectivity index (χ4v) is 3.29. The van der Waals surface area contributed by atoms with Crippen molar-refractivity contribution in [1.82, 2.24) is 0 Å². The minimum absolute atomic E-state index is 0.0365. The lowest BCUT2D eigenvalue weighted by molar-refractivity contribution is -0.101. The normalized spacial score (nSPS) is 32.8. The first-order valence-corrected chi connectivity index (χ1v) is 7.27. The van der Waals surface area contributed by atoms with Crippen LogP contribution in [0.4, 0.5) is 0 Å². The first-order chi connectivity index (χ1) is 9.27. The largest absolute Gasteiger partial charge is 0.469 e. The molecule has 19 heavy (non-hydrogen) atoms. The van der Waals surface area contributed by atoms with Gasteiger partial charge in [0.1, 0.15) is 5.76 Å². The maximum atomic E-state index is 6.38. The maximum absolute atomic E-state index is 6.38. The summed E-state index contributed by atoms with van der Waals surface area (Å²) in [6, 6.07) is 4.18. The number of nitrogens with two attached hydrogens (primary N) is 1. The molecule has 1 aromatic rings. The van der Waals surface area contributed by atoms with Crippen LogP contribution < -0.4 is 5.73 Å². The van der Waals surface area contributed by atoms with Gasteiger partial charge in [-0.2, -0.15) is 0 Å². The molecule has 2 aliphatic heterocycles. The van der Waals surface area contributed by atoms with E-state index < -0.39 is 0 Å². The Bertz CT molecular complexity index is 384. The highest BCUT2D eigenvalue weighted by Gasteiger charge is 2.42. The Morgan fingerprint density at radius 1 is 1.42 bits per heavy atom. The molecular formula is C15H23NO3. The van der Waals surface area contributed by atoms with Gasteiger partial charge in [0.15, 0.2) is 0 Å². The van der Waals surface area contributed by atoms with Crippen LogP contribution in [0.5, 0.6) is 0 Å². The minimum Gasteiger partial charge on any atom is -0.469 e. The van der Waals surface area contributed by atoms with E-state index in [4.69, 9.17) is 19.6 Å². The van der Waals surface area contributed by atoms with Crippen molar-refractivity contribution in [3.05, 3.63) is 24.2 Å². The molecule has 0 aromatic carbocycles. The van der Waals surface area contributed by atoms with Gasteiger partial charge in [0.25, 0.3) is 0 Å². The molecule has 3 unspecified atom stereocenters. The summed E-state index contributed by atoms with van der Waals surface area (Å²) in [5, 5.41) is 0. The average Bonchev–Trinajstić information content (AvgIpc) is 3.08. The molecule has 4 nitrogen and oxygen atoms in total. The van der Waals surface area contributed by atoms with E-state index in [9.17, 15) is 0 Å². The number of ether oxygens (including phenoxy) is 2. The van der Waals surface area contributed by atoms with Gasteiger partial charge >= 0.3 is 0 Å². The summed E-state index contributed by atoms with van der Waals surface area (Å²) < 4.78 is 16.8. The van der Waals surface area contributed by atoms with E-state index in [1.165, 1.54) is 0 Å². The monoisotopic (exact) mass is 265 g/mol. The Morgan fingerprint density at radius 3 is 3.11 bits per heavy atom. The number of aryl methyl sites for hydroxylation is 1. The molecule has 2 fully saturated rings. The molecule has 0 aliphatic carbocycles. The standard InChI is InChI=1S/C15H23NO3/c16-14(4-3-13-2-1-7-18-13)12-5-8-19-15(10-12)6-9-17-11-15/h1-2,7,12,14H,3-6,8-11,16H2. The molecule has 0 radical (unpaired) electrons. The Balaban J connectivity index is 1.52. The van der Waals surface area contributed by atoms with Crippen molar-refractivity contribution >= 4 is 0 Å². The molecule has 2 saturated heterocycles. The van der Waals surface area contributed by atoms with Crippen molar-refractivity contribution in [2.24, 2.45) is 11.7 Å². The summed E-state index contributed by atoms with van der Waals surface area (Å²) in [5.41, 5.74) is 6.34. The van der Waals surface area contributed by atoms with Gasteiger partial charge in [-0.25, -0.2) is 0 Å². The first-order valence-electron chi connectivity index (χ1n) is 7.27. The summed E-state index contributed by atoms with van der Waals surface area (Å²) in [6.45, 7) is 2.39. The third-order valence-corrected chi connectivity index (χ3v) is 4.51. The van der Waals surface area contributed by atoms with E-state index in [0.29, 0.717) is 5.92 Å². The maximum Gasteiger partial charge on any atom is 0.103 e. The molecule has 1 aromatic heterocycles. The van der Waals surface area contributed by atoms with E-state index in [1.54, 1.807) is 6.26 Å². The number of hydrogen-bond donors (Lipinski definition) is 1. The van der Waals surface area contributed by atoms with E-state index in [1.807, 2.05) is 12.1 Å². The van der Waals surface area contributed by atoms with Crippen LogP contribution >= 0.6 is 0 Å². The fourth-order valence-electron chi connectivity index (χ4n) is 3.29. The summed E-state index contributed by atoms with van der Waals surface area (Å²) in [5.74, 6) is 1.58. The van der Waals surface area contributed by atoms with Gasteiger partial charge in [-0.05, 0) is 37.3 Å². The fraction of sp³-hybridized carbons (Fsp3) is 0.733. The lowest BCUT2D eigenvalue weighted by atomic mass is 9.80. The van der Waals surface area contributed by atoms with Crippen molar-refractivity contribution < 1.29 is 13.9 Å². The topological polar surface area (TPSA) is 57.6 Å². The van der Waals surface area contributed by atoms with E-state index in [0.717, 1.165) is 57.7 Å². The summed E-state index contributed by atoms with van der Waals surface area (Å²) in [6.07, 6.45) is 6.77. The SMILES string of the molecule is NC(CCc1ccco1)C1CCOC2(CCOC2)C1. The van der Waals surface area contributed by atoms with Gasteiger partial charge < -0.3 is 19.6 Å². The number of furan rings is 1. The summed E-state index contributed by atoms with van der Waals surface area (Å²) in [4.78, 5) is 0. The molecule has 4 heteroatoms. The molecule has 3 rings (SSSR count). The lowest BCUT2D eigenvalue weighted by Gasteiger charge is -2.39. The molecule has 0 amide bonds. The van der Waals surface area contributed by atoms with Crippen molar-refractivity contribution in [2.75, 3.05) is 19.8 Å². The smallest absolute Gasteiger partial charge is 0.103 e. The Morgan fingerprint density at radius 2 is 2.37 bits per heavy atom. The van der Waals surface area contributed by atoms with Gasteiger partial charge in [0, 0.05) is 32.1 Å².